The first kappa shape index (κ1) is 11.6. The van der Waals surface area contributed by atoms with Gasteiger partial charge < -0.3 is 15.4 Å². The van der Waals surface area contributed by atoms with Crippen molar-refractivity contribution in [1.82, 2.24) is 20.6 Å². The minimum Gasteiger partial charge on any atom is -0.480 e. The van der Waals surface area contributed by atoms with E-state index in [1.54, 1.807) is 6.33 Å². The number of hydrogen-bond donors (Lipinski definition) is 4. The van der Waals surface area contributed by atoms with E-state index in [9.17, 15) is 9.59 Å². The van der Waals surface area contributed by atoms with Gasteiger partial charge in [0.2, 0.25) is 5.91 Å². The van der Waals surface area contributed by atoms with Gasteiger partial charge in [-0.3, -0.25) is 14.9 Å². The van der Waals surface area contributed by atoms with Gasteiger partial charge in [0.15, 0.2) is 0 Å². The third kappa shape index (κ3) is 2.44. The number of carboxylic acid groups (broad SMARTS) is 1. The van der Waals surface area contributed by atoms with Gasteiger partial charge >= 0.3 is 5.97 Å². The summed E-state index contributed by atoms with van der Waals surface area (Å²) in [5.74, 6) is -1.36. The van der Waals surface area contributed by atoms with E-state index in [2.05, 4.69) is 20.6 Å². The Labute approximate surface area is 97.6 Å². The summed E-state index contributed by atoms with van der Waals surface area (Å²) in [4.78, 5) is 29.5. The number of imidazole rings is 1. The largest absolute Gasteiger partial charge is 0.480 e. The summed E-state index contributed by atoms with van der Waals surface area (Å²) >= 11 is 0. The fourth-order valence-electron chi connectivity index (χ4n) is 1.73. The van der Waals surface area contributed by atoms with Crippen molar-refractivity contribution in [3.63, 3.8) is 0 Å². The molecule has 1 aromatic rings. The molecule has 0 radical (unpaired) electrons. The Kier molecular flexibility index (Phi) is 3.10. The number of H-pyrrole nitrogens is 1. The lowest BCUT2D eigenvalue weighted by Crippen LogP contribution is -2.51. The molecule has 0 saturated heterocycles. The fourth-order valence-corrected chi connectivity index (χ4v) is 1.73. The van der Waals surface area contributed by atoms with Gasteiger partial charge in [0.05, 0.1) is 23.8 Å². The van der Waals surface area contributed by atoms with Crippen molar-refractivity contribution < 1.29 is 14.7 Å². The molecule has 2 atom stereocenters. The predicted molar refractivity (Wildman–Crippen MR) is 58.2 cm³/mol. The van der Waals surface area contributed by atoms with Crippen LogP contribution in [0.2, 0.25) is 0 Å². The second kappa shape index (κ2) is 4.54. The van der Waals surface area contributed by atoms with Crippen molar-refractivity contribution in [3.8, 4) is 0 Å². The lowest BCUT2D eigenvalue weighted by molar-refractivity contribution is -0.141. The maximum absolute atomic E-state index is 11.8. The number of hydrogen-bond acceptors (Lipinski definition) is 4. The molecule has 92 valence electrons. The monoisotopic (exact) mass is 238 g/mol. The van der Waals surface area contributed by atoms with Crippen LogP contribution in [0.25, 0.3) is 0 Å². The van der Waals surface area contributed by atoms with Gasteiger partial charge in [-0.2, -0.15) is 0 Å². The highest BCUT2D eigenvalue weighted by Gasteiger charge is 2.27. The minimum absolute atomic E-state index is 0.312. The quantitative estimate of drug-likeness (QED) is 0.541. The van der Waals surface area contributed by atoms with Crippen LogP contribution in [-0.4, -0.2) is 39.0 Å². The first-order valence-corrected chi connectivity index (χ1v) is 5.35. The molecular formula is C10H14N4O3. The van der Waals surface area contributed by atoms with Crippen molar-refractivity contribution in [3.05, 3.63) is 17.7 Å². The van der Waals surface area contributed by atoms with E-state index in [4.69, 9.17) is 5.11 Å². The maximum atomic E-state index is 11.8. The third-order valence-corrected chi connectivity index (χ3v) is 2.78. The molecule has 1 aromatic heterocycles. The topological polar surface area (TPSA) is 107 Å². The molecule has 1 amide bonds. The van der Waals surface area contributed by atoms with E-state index in [-0.39, 0.29) is 5.91 Å². The van der Waals surface area contributed by atoms with Gasteiger partial charge in [-0.15, -0.1) is 0 Å². The van der Waals surface area contributed by atoms with Crippen LogP contribution < -0.4 is 10.6 Å². The molecule has 7 nitrogen and oxygen atoms in total. The summed E-state index contributed by atoms with van der Waals surface area (Å²) < 4.78 is 0. The number of carbonyl (C=O) groups is 2. The Balaban J connectivity index is 1.96. The van der Waals surface area contributed by atoms with Crippen molar-refractivity contribution in [2.75, 3.05) is 0 Å². The molecule has 4 N–H and O–H groups in total. The first-order chi connectivity index (χ1) is 8.08. The van der Waals surface area contributed by atoms with Gasteiger partial charge in [0, 0.05) is 13.0 Å². The molecule has 0 aromatic carbocycles. The molecular weight excluding hydrogens is 224 g/mol. The van der Waals surface area contributed by atoms with Crippen LogP contribution in [0.4, 0.5) is 0 Å². The van der Waals surface area contributed by atoms with E-state index in [0.717, 1.165) is 11.4 Å². The average molecular weight is 238 g/mol. The molecule has 17 heavy (non-hydrogen) atoms. The highest BCUT2D eigenvalue weighted by atomic mass is 16.4. The average Bonchev–Trinajstić information content (AvgIpc) is 2.75. The molecule has 0 saturated carbocycles. The summed E-state index contributed by atoms with van der Waals surface area (Å²) in [6, 6.07) is -1.31. The van der Waals surface area contributed by atoms with Gasteiger partial charge in [-0.1, -0.05) is 0 Å². The zero-order chi connectivity index (χ0) is 12.4. The predicted octanol–water partition coefficient (Wildman–Crippen LogP) is -0.987. The number of rotatable bonds is 3. The van der Waals surface area contributed by atoms with Gasteiger partial charge in [0.25, 0.3) is 0 Å². The summed E-state index contributed by atoms with van der Waals surface area (Å²) in [6.07, 6.45) is 2.06. The number of aromatic amines is 1. The zero-order valence-electron chi connectivity index (χ0n) is 9.36. The molecule has 0 aliphatic carbocycles. The Morgan fingerprint density at radius 1 is 1.65 bits per heavy atom. The van der Waals surface area contributed by atoms with E-state index in [1.165, 1.54) is 6.92 Å². The Bertz CT molecular complexity index is 443. The number of carbonyl (C=O) groups excluding carboxylic acids is 1. The normalized spacial score (nSPS) is 20.4. The first-order valence-electron chi connectivity index (χ1n) is 5.35. The van der Waals surface area contributed by atoms with Crippen LogP contribution in [0.3, 0.4) is 0 Å². The summed E-state index contributed by atoms with van der Waals surface area (Å²) in [5, 5.41) is 14.2. The van der Waals surface area contributed by atoms with Crippen LogP contribution in [0.15, 0.2) is 6.33 Å². The van der Waals surface area contributed by atoms with Crippen molar-refractivity contribution in [2.24, 2.45) is 0 Å². The molecule has 7 heteroatoms. The number of aliphatic carboxylic acids is 1. The maximum Gasteiger partial charge on any atom is 0.325 e. The number of amides is 1. The second-order valence-corrected chi connectivity index (χ2v) is 4.03. The Hall–Kier alpha value is -1.89. The smallest absolute Gasteiger partial charge is 0.325 e. The van der Waals surface area contributed by atoms with Crippen LogP contribution in [0, 0.1) is 0 Å². The number of carboxylic acids is 1. The second-order valence-electron chi connectivity index (χ2n) is 4.03. The van der Waals surface area contributed by atoms with Crippen LogP contribution in [-0.2, 0) is 22.6 Å². The van der Waals surface area contributed by atoms with Gasteiger partial charge in [0.1, 0.15) is 6.04 Å². The Morgan fingerprint density at radius 3 is 3.12 bits per heavy atom. The zero-order valence-corrected chi connectivity index (χ0v) is 9.36. The fraction of sp³-hybridized carbons (Fsp3) is 0.500. The van der Waals surface area contributed by atoms with Crippen molar-refractivity contribution in [1.29, 1.82) is 0 Å². The van der Waals surface area contributed by atoms with E-state index >= 15 is 0 Å². The number of fused-ring (bicyclic) bond motifs is 1. The lowest BCUT2D eigenvalue weighted by Gasteiger charge is -2.23. The summed E-state index contributed by atoms with van der Waals surface area (Å²) in [6.45, 7) is 1.97. The van der Waals surface area contributed by atoms with Gasteiger partial charge in [-0.25, -0.2) is 4.98 Å². The molecule has 2 heterocycles. The number of nitrogens with zero attached hydrogens (tertiary/aromatic N) is 1. The van der Waals surface area contributed by atoms with Crippen LogP contribution in [0.1, 0.15) is 18.3 Å². The van der Waals surface area contributed by atoms with E-state index < -0.39 is 18.1 Å². The summed E-state index contributed by atoms with van der Waals surface area (Å²) in [7, 11) is 0. The number of aromatic nitrogens is 2. The molecule has 0 bridgehead atoms. The third-order valence-electron chi connectivity index (χ3n) is 2.78. The molecule has 1 aliphatic rings. The molecule has 0 spiro atoms. The minimum atomic E-state index is -1.05. The Morgan fingerprint density at radius 2 is 2.41 bits per heavy atom. The molecule has 0 fully saturated rings. The SMILES string of the molecule is C[C@H](NC(=O)[C@@H]1Cc2nc[nH]c2CN1)C(=O)O. The highest BCUT2D eigenvalue weighted by Crippen LogP contribution is 2.12. The molecule has 2 rings (SSSR count). The standard InChI is InChI=1S/C10H14N4O3/c1-5(10(16)17)14-9(15)7-2-6-8(3-11-7)13-4-12-6/h4-5,7,11H,2-3H2,1H3,(H,12,13)(H,14,15)(H,16,17)/t5-,7-/m0/s1. The molecule has 0 unspecified atom stereocenters. The van der Waals surface area contributed by atoms with Crippen molar-refractivity contribution in [2.45, 2.75) is 32.0 Å². The number of nitrogens with one attached hydrogen (secondary N) is 3. The lowest BCUT2D eigenvalue weighted by atomic mass is 10.0. The van der Waals surface area contributed by atoms with Crippen molar-refractivity contribution >= 4 is 11.9 Å². The molecule has 1 aliphatic heterocycles. The van der Waals surface area contributed by atoms with Crippen LogP contribution in [0.5, 0.6) is 0 Å². The van der Waals surface area contributed by atoms with Crippen LogP contribution >= 0.6 is 0 Å². The van der Waals surface area contributed by atoms with E-state index in [0.29, 0.717) is 13.0 Å². The van der Waals surface area contributed by atoms with Gasteiger partial charge in [-0.05, 0) is 6.92 Å². The van der Waals surface area contributed by atoms with E-state index in [1.807, 2.05) is 0 Å². The summed E-state index contributed by atoms with van der Waals surface area (Å²) in [5.41, 5.74) is 1.83. The highest BCUT2D eigenvalue weighted by molar-refractivity contribution is 5.87.